The first-order valence-electron chi connectivity index (χ1n) is 9.96. The fourth-order valence-electron chi connectivity index (χ4n) is 4.17. The van der Waals surface area contributed by atoms with Crippen LogP contribution in [0.4, 0.5) is 5.69 Å². The molecule has 2 amide bonds. The molecule has 1 heterocycles. The summed E-state index contributed by atoms with van der Waals surface area (Å²) in [6.07, 6.45) is 7.21. The summed E-state index contributed by atoms with van der Waals surface area (Å²) in [5.74, 6) is -0.834. The van der Waals surface area contributed by atoms with E-state index in [0.717, 1.165) is 49.1 Å². The molecule has 0 aromatic heterocycles. The molecule has 1 atom stereocenters. The summed E-state index contributed by atoms with van der Waals surface area (Å²) in [7, 11) is -3.65. The van der Waals surface area contributed by atoms with Gasteiger partial charge in [-0.2, -0.15) is 4.31 Å². The molecule has 1 aliphatic heterocycles. The van der Waals surface area contributed by atoms with E-state index in [1.807, 2.05) is 0 Å². The van der Waals surface area contributed by atoms with E-state index in [0.29, 0.717) is 10.7 Å². The van der Waals surface area contributed by atoms with Crippen LogP contribution in [0.3, 0.4) is 0 Å². The van der Waals surface area contributed by atoms with Crippen molar-refractivity contribution in [2.45, 2.75) is 57.0 Å². The second kappa shape index (κ2) is 8.62. The second-order valence-electron chi connectivity index (χ2n) is 8.15. The number of carbonyl (C=O) groups is 2. The van der Waals surface area contributed by atoms with Crippen LogP contribution in [-0.2, 0) is 19.6 Å². The maximum Gasteiger partial charge on any atom is 0.247 e. The summed E-state index contributed by atoms with van der Waals surface area (Å²) in [5.41, 5.74) is -0.999. The van der Waals surface area contributed by atoms with E-state index in [4.69, 9.17) is 11.6 Å². The van der Waals surface area contributed by atoms with Gasteiger partial charge in [-0.1, -0.05) is 49.4 Å². The number of benzene rings is 1. The average molecular weight is 442 g/mol. The lowest BCUT2D eigenvalue weighted by Gasteiger charge is -2.47. The number of anilines is 1. The van der Waals surface area contributed by atoms with Crippen molar-refractivity contribution in [1.29, 1.82) is 0 Å². The van der Waals surface area contributed by atoms with Gasteiger partial charge in [-0.3, -0.25) is 14.5 Å². The van der Waals surface area contributed by atoms with Crippen molar-refractivity contribution in [1.82, 2.24) is 9.62 Å². The highest BCUT2D eigenvalue weighted by Gasteiger charge is 2.51. The molecule has 0 spiro atoms. The quantitative estimate of drug-likeness (QED) is 0.727. The Kier molecular flexibility index (Phi) is 6.55. The van der Waals surface area contributed by atoms with E-state index in [-0.39, 0.29) is 25.0 Å². The Balaban J connectivity index is 1.98. The molecule has 3 rings (SSSR count). The van der Waals surface area contributed by atoms with Gasteiger partial charge in [-0.15, -0.1) is 0 Å². The molecule has 9 heteroatoms. The summed E-state index contributed by atoms with van der Waals surface area (Å²) in [6.45, 7) is 1.16. The number of piperazine rings is 1. The minimum absolute atomic E-state index is 0.0265. The molecule has 160 valence electrons. The van der Waals surface area contributed by atoms with Crippen molar-refractivity contribution >= 4 is 39.1 Å². The molecule has 1 saturated heterocycles. The minimum Gasteiger partial charge on any atom is -0.351 e. The zero-order valence-electron chi connectivity index (χ0n) is 16.9. The number of rotatable bonds is 4. The van der Waals surface area contributed by atoms with Crippen molar-refractivity contribution in [2.75, 3.05) is 24.2 Å². The third-order valence-electron chi connectivity index (χ3n) is 5.78. The number of amides is 2. The molecule has 1 saturated carbocycles. The summed E-state index contributed by atoms with van der Waals surface area (Å²) in [6, 6.07) is 6.83. The largest absolute Gasteiger partial charge is 0.351 e. The number of hydrogen-bond donors (Lipinski definition) is 1. The van der Waals surface area contributed by atoms with Crippen molar-refractivity contribution in [3.8, 4) is 0 Å². The standard InChI is InChI=1S/C20H28ClN3O4S/c1-20(19(26)22-15-9-5-3-4-6-10-15)14-23(29(2,27)28)13-18(25)24(20)17-12-8-7-11-16(17)21/h7-8,11-12,15H,3-6,9-10,13-14H2,1-2H3,(H,22,26). The molecule has 2 aliphatic rings. The lowest BCUT2D eigenvalue weighted by atomic mass is 9.93. The Morgan fingerprint density at radius 1 is 1.17 bits per heavy atom. The first-order chi connectivity index (χ1) is 13.6. The molecule has 0 radical (unpaired) electrons. The topological polar surface area (TPSA) is 86.8 Å². The number of carbonyl (C=O) groups excluding carboxylic acids is 2. The lowest BCUT2D eigenvalue weighted by molar-refractivity contribution is -0.133. The van der Waals surface area contributed by atoms with E-state index in [1.165, 1.54) is 4.90 Å². The van der Waals surface area contributed by atoms with Crippen LogP contribution in [0.15, 0.2) is 24.3 Å². The van der Waals surface area contributed by atoms with Crippen molar-refractivity contribution in [3.05, 3.63) is 29.3 Å². The predicted octanol–water partition coefficient (Wildman–Crippen LogP) is 2.55. The number of para-hydroxylation sites is 1. The van der Waals surface area contributed by atoms with Crippen molar-refractivity contribution in [3.63, 3.8) is 0 Å². The van der Waals surface area contributed by atoms with Gasteiger partial charge < -0.3 is 5.32 Å². The number of nitrogens with zero attached hydrogens (tertiary/aromatic N) is 2. The van der Waals surface area contributed by atoms with Crippen LogP contribution in [0.2, 0.25) is 5.02 Å². The fraction of sp³-hybridized carbons (Fsp3) is 0.600. The Morgan fingerprint density at radius 2 is 1.79 bits per heavy atom. The molecule has 1 aromatic carbocycles. The summed E-state index contributed by atoms with van der Waals surface area (Å²) < 4.78 is 25.4. The lowest BCUT2D eigenvalue weighted by Crippen LogP contribution is -2.70. The van der Waals surface area contributed by atoms with E-state index in [2.05, 4.69) is 5.32 Å². The maximum absolute atomic E-state index is 13.4. The zero-order chi connectivity index (χ0) is 21.2. The third kappa shape index (κ3) is 4.75. The summed E-state index contributed by atoms with van der Waals surface area (Å²) >= 11 is 6.34. The SMILES string of the molecule is CC1(C(=O)NC2CCCCCC2)CN(S(C)(=O)=O)CC(=O)N1c1ccccc1Cl. The molecule has 2 fully saturated rings. The van der Waals surface area contributed by atoms with Crippen LogP contribution in [0.5, 0.6) is 0 Å². The number of halogens is 1. The average Bonchev–Trinajstić information content (AvgIpc) is 2.90. The van der Waals surface area contributed by atoms with E-state index in [1.54, 1.807) is 31.2 Å². The highest BCUT2D eigenvalue weighted by Crippen LogP contribution is 2.35. The van der Waals surface area contributed by atoms with Crippen LogP contribution in [0.1, 0.15) is 45.4 Å². The van der Waals surface area contributed by atoms with E-state index < -0.39 is 21.5 Å². The van der Waals surface area contributed by atoms with Crippen molar-refractivity contribution in [2.24, 2.45) is 0 Å². The van der Waals surface area contributed by atoms with Crippen LogP contribution in [0.25, 0.3) is 0 Å². The highest BCUT2D eigenvalue weighted by atomic mass is 35.5. The van der Waals surface area contributed by atoms with E-state index >= 15 is 0 Å². The minimum atomic E-state index is -3.65. The Bertz CT molecular complexity index is 883. The van der Waals surface area contributed by atoms with Gasteiger partial charge in [0.25, 0.3) is 0 Å². The molecule has 1 N–H and O–H groups in total. The van der Waals surface area contributed by atoms with Gasteiger partial charge in [-0.25, -0.2) is 8.42 Å². The second-order valence-corrected chi connectivity index (χ2v) is 10.5. The zero-order valence-corrected chi connectivity index (χ0v) is 18.4. The van der Waals surface area contributed by atoms with Gasteiger partial charge in [0.1, 0.15) is 5.54 Å². The van der Waals surface area contributed by atoms with Crippen molar-refractivity contribution < 1.29 is 18.0 Å². The smallest absolute Gasteiger partial charge is 0.247 e. The van der Waals surface area contributed by atoms with Gasteiger partial charge in [0.2, 0.25) is 21.8 Å². The highest BCUT2D eigenvalue weighted by molar-refractivity contribution is 7.88. The van der Waals surface area contributed by atoms with Gasteiger partial charge >= 0.3 is 0 Å². The van der Waals surface area contributed by atoms with Gasteiger partial charge in [0, 0.05) is 12.6 Å². The molecular formula is C20H28ClN3O4S. The Morgan fingerprint density at radius 3 is 2.38 bits per heavy atom. The first kappa shape index (κ1) is 22.1. The predicted molar refractivity (Wildman–Crippen MR) is 113 cm³/mol. The van der Waals surface area contributed by atoms with Crippen LogP contribution in [0, 0.1) is 0 Å². The summed E-state index contributed by atoms with van der Waals surface area (Å²) in [4.78, 5) is 27.9. The molecular weight excluding hydrogens is 414 g/mol. The van der Waals surface area contributed by atoms with Crippen LogP contribution in [-0.4, -0.2) is 55.5 Å². The molecule has 0 bridgehead atoms. The summed E-state index contributed by atoms with van der Waals surface area (Å²) in [5, 5.41) is 3.42. The Labute approximate surface area is 177 Å². The molecule has 7 nitrogen and oxygen atoms in total. The molecule has 29 heavy (non-hydrogen) atoms. The number of nitrogens with one attached hydrogen (secondary N) is 1. The number of sulfonamides is 1. The van der Waals surface area contributed by atoms with Crippen LogP contribution < -0.4 is 10.2 Å². The Hall–Kier alpha value is -1.64. The first-order valence-corrected chi connectivity index (χ1v) is 12.2. The van der Waals surface area contributed by atoms with E-state index in [9.17, 15) is 18.0 Å². The van der Waals surface area contributed by atoms with Gasteiger partial charge in [0.05, 0.1) is 23.5 Å². The normalized spacial score (nSPS) is 24.9. The molecule has 1 unspecified atom stereocenters. The maximum atomic E-state index is 13.4. The van der Waals surface area contributed by atoms with Crippen LogP contribution >= 0.6 is 11.6 Å². The monoisotopic (exact) mass is 441 g/mol. The van der Waals surface area contributed by atoms with Gasteiger partial charge in [0.15, 0.2) is 0 Å². The molecule has 1 aromatic rings. The molecule has 1 aliphatic carbocycles. The van der Waals surface area contributed by atoms with Gasteiger partial charge in [-0.05, 0) is 31.9 Å². The number of hydrogen-bond acceptors (Lipinski definition) is 4. The third-order valence-corrected chi connectivity index (χ3v) is 7.30. The fourth-order valence-corrected chi connectivity index (χ4v) is 5.22.